The van der Waals surface area contributed by atoms with E-state index in [0.29, 0.717) is 18.6 Å². The van der Waals surface area contributed by atoms with Gasteiger partial charge in [0.2, 0.25) is 0 Å². The zero-order valence-corrected chi connectivity index (χ0v) is 17.7. The molecule has 0 saturated heterocycles. The summed E-state index contributed by atoms with van der Waals surface area (Å²) in [6, 6.07) is 23.5. The van der Waals surface area contributed by atoms with Gasteiger partial charge in [-0.25, -0.2) is 0 Å². The largest absolute Gasteiger partial charge is 0.494 e. The van der Waals surface area contributed by atoms with Gasteiger partial charge in [-0.05, 0) is 55.8 Å². The maximum absolute atomic E-state index is 12.9. The van der Waals surface area contributed by atoms with Gasteiger partial charge in [0.05, 0.1) is 12.6 Å². The molecule has 4 heteroatoms. The maximum atomic E-state index is 12.9. The molecule has 0 spiro atoms. The Morgan fingerprint density at radius 2 is 1.61 bits per heavy atom. The van der Waals surface area contributed by atoms with E-state index in [1.54, 1.807) is 0 Å². The SMILES string of the molecule is CCOc1ccc(NC(CC(=O)c2ccc(Br)cc2)c2ccc(C)cc2)cc1. The minimum atomic E-state index is -0.116. The molecule has 144 valence electrons. The van der Waals surface area contributed by atoms with Gasteiger partial charge in [0.25, 0.3) is 0 Å². The predicted octanol–water partition coefficient (Wildman–Crippen LogP) is 6.58. The summed E-state index contributed by atoms with van der Waals surface area (Å²) in [7, 11) is 0. The number of nitrogens with one attached hydrogen (secondary N) is 1. The Kier molecular flexibility index (Phi) is 6.88. The van der Waals surface area contributed by atoms with Crippen molar-refractivity contribution in [2.45, 2.75) is 26.3 Å². The Hall–Kier alpha value is -2.59. The second-order valence-electron chi connectivity index (χ2n) is 6.70. The molecule has 0 aliphatic rings. The van der Waals surface area contributed by atoms with E-state index in [0.717, 1.165) is 21.5 Å². The molecule has 1 unspecified atom stereocenters. The summed E-state index contributed by atoms with van der Waals surface area (Å²) < 4.78 is 6.47. The number of rotatable bonds is 8. The van der Waals surface area contributed by atoms with Crippen molar-refractivity contribution in [3.05, 3.63) is 94.0 Å². The molecule has 3 nitrogen and oxygen atoms in total. The minimum absolute atomic E-state index is 0.108. The lowest BCUT2D eigenvalue weighted by Crippen LogP contribution is -2.16. The van der Waals surface area contributed by atoms with Crippen LogP contribution in [-0.4, -0.2) is 12.4 Å². The van der Waals surface area contributed by atoms with Crippen molar-refractivity contribution in [3.8, 4) is 5.75 Å². The van der Waals surface area contributed by atoms with Gasteiger partial charge in [0, 0.05) is 22.1 Å². The number of anilines is 1. The van der Waals surface area contributed by atoms with Gasteiger partial charge in [-0.3, -0.25) is 4.79 Å². The Bertz CT molecular complexity index is 903. The summed E-state index contributed by atoms with van der Waals surface area (Å²) in [5.41, 5.74) is 3.96. The summed E-state index contributed by atoms with van der Waals surface area (Å²) >= 11 is 3.42. The second kappa shape index (κ2) is 9.56. The molecule has 0 amide bonds. The molecule has 3 aromatic carbocycles. The van der Waals surface area contributed by atoms with Crippen molar-refractivity contribution in [3.63, 3.8) is 0 Å². The first kappa shape index (κ1) is 20.2. The van der Waals surface area contributed by atoms with E-state index >= 15 is 0 Å². The molecule has 0 saturated carbocycles. The number of benzene rings is 3. The van der Waals surface area contributed by atoms with Crippen LogP contribution >= 0.6 is 15.9 Å². The van der Waals surface area contributed by atoms with E-state index in [2.05, 4.69) is 52.4 Å². The van der Waals surface area contributed by atoms with E-state index in [1.807, 2.05) is 55.5 Å². The van der Waals surface area contributed by atoms with Gasteiger partial charge in [0.1, 0.15) is 5.75 Å². The van der Waals surface area contributed by atoms with Crippen molar-refractivity contribution in [2.24, 2.45) is 0 Å². The van der Waals surface area contributed by atoms with E-state index < -0.39 is 0 Å². The number of hydrogen-bond donors (Lipinski definition) is 1. The fourth-order valence-electron chi connectivity index (χ4n) is 3.01. The van der Waals surface area contributed by atoms with Crippen LogP contribution in [0.2, 0.25) is 0 Å². The molecule has 28 heavy (non-hydrogen) atoms. The molecule has 0 fully saturated rings. The maximum Gasteiger partial charge on any atom is 0.165 e. The van der Waals surface area contributed by atoms with E-state index in [9.17, 15) is 4.79 Å². The molecule has 1 atom stereocenters. The molecule has 0 aromatic heterocycles. The summed E-state index contributed by atoms with van der Waals surface area (Å²) in [6.07, 6.45) is 0.373. The second-order valence-corrected chi connectivity index (χ2v) is 7.61. The highest BCUT2D eigenvalue weighted by molar-refractivity contribution is 9.10. The van der Waals surface area contributed by atoms with E-state index in [-0.39, 0.29) is 11.8 Å². The molecule has 0 bridgehead atoms. The van der Waals surface area contributed by atoms with Crippen LogP contribution in [0.5, 0.6) is 5.75 Å². The number of ether oxygens (including phenoxy) is 1. The van der Waals surface area contributed by atoms with Crippen LogP contribution in [0, 0.1) is 6.92 Å². The average molecular weight is 438 g/mol. The summed E-state index contributed by atoms with van der Waals surface area (Å²) in [5, 5.41) is 3.51. The van der Waals surface area contributed by atoms with Crippen LogP contribution in [0.15, 0.2) is 77.3 Å². The lowest BCUT2D eigenvalue weighted by Gasteiger charge is -2.20. The standard InChI is InChI=1S/C24H24BrNO2/c1-3-28-22-14-12-21(13-15-22)26-23(18-6-4-17(2)5-7-18)16-24(27)19-8-10-20(25)11-9-19/h4-15,23,26H,3,16H2,1-2H3. The zero-order valence-electron chi connectivity index (χ0n) is 16.1. The first-order chi connectivity index (χ1) is 13.5. The summed E-state index contributed by atoms with van der Waals surface area (Å²) in [4.78, 5) is 12.9. The fraction of sp³-hybridized carbons (Fsp3) is 0.208. The molecule has 3 rings (SSSR count). The number of halogens is 1. The molecule has 0 aliphatic carbocycles. The van der Waals surface area contributed by atoms with Crippen molar-refractivity contribution in [1.29, 1.82) is 0 Å². The number of Topliss-reactive ketones (excluding diaryl/α,β-unsaturated/α-hetero) is 1. The van der Waals surface area contributed by atoms with Gasteiger partial charge < -0.3 is 10.1 Å². The predicted molar refractivity (Wildman–Crippen MR) is 118 cm³/mol. The first-order valence-corrected chi connectivity index (χ1v) is 10.2. The van der Waals surface area contributed by atoms with Gasteiger partial charge in [-0.1, -0.05) is 57.9 Å². The molecule has 0 radical (unpaired) electrons. The summed E-state index contributed by atoms with van der Waals surface area (Å²) in [6.45, 7) is 4.67. The summed E-state index contributed by atoms with van der Waals surface area (Å²) in [5.74, 6) is 0.947. The average Bonchev–Trinajstić information content (AvgIpc) is 2.70. The zero-order chi connectivity index (χ0) is 19.9. The number of ketones is 1. The van der Waals surface area contributed by atoms with Crippen LogP contribution in [-0.2, 0) is 0 Å². The Balaban J connectivity index is 1.81. The van der Waals surface area contributed by atoms with Gasteiger partial charge >= 0.3 is 0 Å². The molecule has 3 aromatic rings. The van der Waals surface area contributed by atoms with Crippen LogP contribution in [0.4, 0.5) is 5.69 Å². The smallest absolute Gasteiger partial charge is 0.165 e. The molecular weight excluding hydrogens is 414 g/mol. The van der Waals surface area contributed by atoms with Gasteiger partial charge in [-0.2, -0.15) is 0 Å². The van der Waals surface area contributed by atoms with E-state index in [1.165, 1.54) is 5.56 Å². The third-order valence-electron chi connectivity index (χ3n) is 4.54. The van der Waals surface area contributed by atoms with Crippen LogP contribution in [0.1, 0.15) is 40.9 Å². The Labute approximate surface area is 174 Å². The highest BCUT2D eigenvalue weighted by Crippen LogP contribution is 2.26. The quantitative estimate of drug-likeness (QED) is 0.404. The molecule has 0 heterocycles. The normalized spacial score (nSPS) is 11.7. The van der Waals surface area contributed by atoms with Crippen LogP contribution < -0.4 is 10.1 Å². The fourth-order valence-corrected chi connectivity index (χ4v) is 3.27. The van der Waals surface area contributed by atoms with Crippen molar-refractivity contribution >= 4 is 27.4 Å². The number of aryl methyl sites for hydroxylation is 1. The van der Waals surface area contributed by atoms with Crippen LogP contribution in [0.3, 0.4) is 0 Å². The Morgan fingerprint density at radius 3 is 2.21 bits per heavy atom. The van der Waals surface area contributed by atoms with Gasteiger partial charge in [-0.15, -0.1) is 0 Å². The molecule has 1 N–H and O–H groups in total. The monoisotopic (exact) mass is 437 g/mol. The van der Waals surface area contributed by atoms with Crippen molar-refractivity contribution in [2.75, 3.05) is 11.9 Å². The number of carbonyl (C=O) groups excluding carboxylic acids is 1. The topological polar surface area (TPSA) is 38.3 Å². The van der Waals surface area contributed by atoms with Crippen molar-refractivity contribution in [1.82, 2.24) is 0 Å². The first-order valence-electron chi connectivity index (χ1n) is 9.40. The molecular formula is C24H24BrNO2. The third kappa shape index (κ3) is 5.46. The third-order valence-corrected chi connectivity index (χ3v) is 5.07. The van der Waals surface area contributed by atoms with Crippen molar-refractivity contribution < 1.29 is 9.53 Å². The lowest BCUT2D eigenvalue weighted by atomic mass is 9.97. The molecule has 0 aliphatic heterocycles. The number of hydrogen-bond acceptors (Lipinski definition) is 3. The highest BCUT2D eigenvalue weighted by Gasteiger charge is 2.17. The van der Waals surface area contributed by atoms with Crippen LogP contribution in [0.25, 0.3) is 0 Å². The van der Waals surface area contributed by atoms with E-state index in [4.69, 9.17) is 4.74 Å². The highest BCUT2D eigenvalue weighted by atomic mass is 79.9. The lowest BCUT2D eigenvalue weighted by molar-refractivity contribution is 0.0976. The Morgan fingerprint density at radius 1 is 0.964 bits per heavy atom. The minimum Gasteiger partial charge on any atom is -0.494 e. The number of carbonyl (C=O) groups is 1. The van der Waals surface area contributed by atoms with Gasteiger partial charge in [0.15, 0.2) is 5.78 Å².